The van der Waals surface area contributed by atoms with Gasteiger partial charge in [0, 0.05) is 17.0 Å². The lowest BCUT2D eigenvalue weighted by molar-refractivity contribution is -0.192. The van der Waals surface area contributed by atoms with Crippen molar-refractivity contribution in [2.45, 2.75) is 6.18 Å². The molecule has 0 saturated carbocycles. The molecule has 1 aromatic carbocycles. The van der Waals surface area contributed by atoms with Crippen LogP contribution < -0.4 is 10.4 Å². The van der Waals surface area contributed by atoms with Crippen molar-refractivity contribution in [3.63, 3.8) is 0 Å². The third-order valence-corrected chi connectivity index (χ3v) is 2.20. The average molecular weight is 287 g/mol. The lowest BCUT2D eigenvalue weighted by Crippen LogP contribution is -2.28. The van der Waals surface area contributed by atoms with Gasteiger partial charge in [-0.3, -0.25) is 0 Å². The second kappa shape index (κ2) is 5.55. The van der Waals surface area contributed by atoms with E-state index in [-0.39, 0.29) is 5.70 Å². The van der Waals surface area contributed by atoms with E-state index in [9.17, 15) is 18.0 Å². The molecule has 2 N–H and O–H groups in total. The summed E-state index contributed by atoms with van der Waals surface area (Å²) in [5, 5.41) is 17.3. The fraction of sp³-hybridized carbons (Fsp3) is 0.0833. The minimum absolute atomic E-state index is 0.0839. The Morgan fingerprint density at radius 3 is 2.20 bits per heavy atom. The van der Waals surface area contributed by atoms with Crippen molar-refractivity contribution in [3.05, 3.63) is 34.2 Å². The molecule has 0 amide bonds. The zero-order chi connectivity index (χ0) is 15.5. The molecule has 1 aromatic rings. The molecular formula is C12H8F3NO4. The predicted molar refractivity (Wildman–Crippen MR) is 63.5 cm³/mol. The number of rotatable bonds is 1. The Morgan fingerprint density at radius 1 is 1.20 bits per heavy atom. The van der Waals surface area contributed by atoms with Crippen molar-refractivity contribution in [2.24, 2.45) is 4.99 Å². The van der Waals surface area contributed by atoms with Gasteiger partial charge in [-0.1, -0.05) is 24.8 Å². The van der Waals surface area contributed by atoms with Gasteiger partial charge in [0.2, 0.25) is 0 Å². The van der Waals surface area contributed by atoms with E-state index < -0.39 is 18.1 Å². The summed E-state index contributed by atoms with van der Waals surface area (Å²) >= 11 is 0. The molecule has 0 radical (unpaired) electrons. The van der Waals surface area contributed by atoms with Gasteiger partial charge in [0.05, 0.1) is 0 Å². The molecule has 0 atom stereocenters. The number of halogens is 3. The number of alkyl halides is 3. The lowest BCUT2D eigenvalue weighted by atomic mass is 10.1. The Bertz CT molecular complexity index is 692. The van der Waals surface area contributed by atoms with E-state index in [4.69, 9.17) is 15.0 Å². The molecule has 1 heterocycles. The molecule has 2 rings (SSSR count). The molecule has 106 valence electrons. The van der Waals surface area contributed by atoms with Gasteiger partial charge in [0.15, 0.2) is 5.70 Å². The SMILES string of the molecule is C=c1cccc2c1=C(C(=O)O)N=C2.O=C(O)C(F)(F)F. The quantitative estimate of drug-likeness (QED) is 0.780. The molecule has 0 fully saturated rings. The first-order valence-corrected chi connectivity index (χ1v) is 5.04. The molecular weight excluding hydrogens is 279 g/mol. The molecule has 8 heteroatoms. The summed E-state index contributed by atoms with van der Waals surface area (Å²) < 4.78 is 31.7. The molecule has 1 aliphatic heterocycles. The molecule has 1 aliphatic rings. The Hall–Kier alpha value is -2.64. The monoisotopic (exact) mass is 287 g/mol. The van der Waals surface area contributed by atoms with Crippen molar-refractivity contribution < 1.29 is 33.0 Å². The van der Waals surface area contributed by atoms with Gasteiger partial charge in [-0.2, -0.15) is 13.2 Å². The number of hydrogen-bond acceptors (Lipinski definition) is 3. The maximum atomic E-state index is 10.7. The third kappa shape index (κ3) is 3.44. The van der Waals surface area contributed by atoms with E-state index in [0.717, 1.165) is 5.56 Å². The Kier molecular flexibility index (Phi) is 4.28. The summed E-state index contributed by atoms with van der Waals surface area (Å²) in [6.07, 6.45) is -3.53. The van der Waals surface area contributed by atoms with E-state index in [1.165, 1.54) is 0 Å². The summed E-state index contributed by atoms with van der Waals surface area (Å²) in [5.41, 5.74) is 0.908. The van der Waals surface area contributed by atoms with Gasteiger partial charge in [-0.25, -0.2) is 14.6 Å². The topological polar surface area (TPSA) is 87.0 Å². The van der Waals surface area contributed by atoms with Crippen molar-refractivity contribution in [1.82, 2.24) is 0 Å². The highest BCUT2D eigenvalue weighted by atomic mass is 19.4. The molecule has 0 spiro atoms. The number of nitrogens with zero attached hydrogens (tertiary/aromatic N) is 1. The maximum Gasteiger partial charge on any atom is 0.490 e. The van der Waals surface area contributed by atoms with Crippen molar-refractivity contribution in [1.29, 1.82) is 0 Å². The van der Waals surface area contributed by atoms with Crippen LogP contribution in [0.4, 0.5) is 13.2 Å². The normalized spacial score (nSPS) is 12.4. The third-order valence-electron chi connectivity index (χ3n) is 2.20. The fourth-order valence-corrected chi connectivity index (χ4v) is 1.38. The van der Waals surface area contributed by atoms with Gasteiger partial charge in [-0.15, -0.1) is 0 Å². The van der Waals surface area contributed by atoms with E-state index in [0.29, 0.717) is 10.4 Å². The molecule has 0 unspecified atom stereocenters. The Labute approximate surface area is 110 Å². The van der Waals surface area contributed by atoms with E-state index >= 15 is 0 Å². The van der Waals surface area contributed by atoms with Crippen LogP contribution in [0.1, 0.15) is 5.56 Å². The number of hydrogen-bond donors (Lipinski definition) is 2. The standard InChI is InChI=1S/C10H7NO2.C2HF3O2/c1-6-3-2-4-7-5-11-9(8(6)7)10(12)13;3-2(4,5)1(6)7/h2-5H,1H2,(H,12,13);(H,6,7). The minimum Gasteiger partial charge on any atom is -0.476 e. The summed E-state index contributed by atoms with van der Waals surface area (Å²) in [4.78, 5) is 23.4. The van der Waals surface area contributed by atoms with Gasteiger partial charge in [-0.05, 0) is 5.22 Å². The van der Waals surface area contributed by atoms with Crippen molar-refractivity contribution in [2.75, 3.05) is 0 Å². The van der Waals surface area contributed by atoms with E-state index in [1.54, 1.807) is 12.3 Å². The first-order chi connectivity index (χ1) is 9.14. The lowest BCUT2D eigenvalue weighted by Gasteiger charge is -1.93. The van der Waals surface area contributed by atoms with Crippen LogP contribution in [0, 0.1) is 0 Å². The molecule has 0 saturated heterocycles. The average Bonchev–Trinajstić information content (AvgIpc) is 2.73. The predicted octanol–water partition coefficient (Wildman–Crippen LogP) is 0.355. The highest BCUT2D eigenvalue weighted by Crippen LogP contribution is 2.13. The van der Waals surface area contributed by atoms with Crippen molar-refractivity contribution >= 4 is 30.4 Å². The molecule has 5 nitrogen and oxygen atoms in total. The van der Waals surface area contributed by atoms with Crippen LogP contribution in [-0.4, -0.2) is 34.5 Å². The van der Waals surface area contributed by atoms with Crippen LogP contribution >= 0.6 is 0 Å². The van der Waals surface area contributed by atoms with Crippen LogP contribution in [0.3, 0.4) is 0 Å². The second-order valence-electron chi connectivity index (χ2n) is 3.60. The van der Waals surface area contributed by atoms with Crippen LogP contribution in [-0.2, 0) is 9.59 Å². The van der Waals surface area contributed by atoms with Crippen LogP contribution in [0.15, 0.2) is 23.2 Å². The number of benzene rings is 1. The number of aliphatic imine (C=N–C) groups is 1. The highest BCUT2D eigenvalue weighted by molar-refractivity contribution is 6.13. The molecule has 20 heavy (non-hydrogen) atoms. The number of carboxylic acid groups (broad SMARTS) is 2. The number of carboxylic acids is 2. The molecule has 0 aromatic heterocycles. The zero-order valence-electron chi connectivity index (χ0n) is 9.81. The zero-order valence-corrected chi connectivity index (χ0v) is 9.81. The number of carbonyl (C=O) groups is 2. The molecule has 0 bridgehead atoms. The highest BCUT2D eigenvalue weighted by Gasteiger charge is 2.38. The Balaban J connectivity index is 0.000000246. The van der Waals surface area contributed by atoms with E-state index in [2.05, 4.69) is 11.6 Å². The Morgan fingerprint density at radius 2 is 1.75 bits per heavy atom. The van der Waals surface area contributed by atoms with Crippen LogP contribution in [0.2, 0.25) is 0 Å². The van der Waals surface area contributed by atoms with Gasteiger partial charge in [0.25, 0.3) is 0 Å². The minimum atomic E-state index is -5.08. The van der Waals surface area contributed by atoms with Crippen molar-refractivity contribution in [3.8, 4) is 0 Å². The largest absolute Gasteiger partial charge is 0.490 e. The summed E-state index contributed by atoms with van der Waals surface area (Å²) in [5.74, 6) is -3.77. The summed E-state index contributed by atoms with van der Waals surface area (Å²) in [6.45, 7) is 3.76. The molecule has 0 aliphatic carbocycles. The van der Waals surface area contributed by atoms with Gasteiger partial charge in [0.1, 0.15) is 0 Å². The first-order valence-electron chi connectivity index (χ1n) is 5.04. The van der Waals surface area contributed by atoms with Gasteiger partial charge >= 0.3 is 18.1 Å². The first kappa shape index (κ1) is 15.4. The number of fused-ring (bicyclic) bond motifs is 1. The van der Waals surface area contributed by atoms with Crippen LogP contribution in [0.25, 0.3) is 12.3 Å². The maximum absolute atomic E-state index is 10.7. The van der Waals surface area contributed by atoms with E-state index in [1.807, 2.05) is 12.1 Å². The summed E-state index contributed by atoms with van der Waals surface area (Å²) in [6, 6.07) is 5.43. The number of aliphatic carboxylic acids is 2. The second-order valence-corrected chi connectivity index (χ2v) is 3.60. The van der Waals surface area contributed by atoms with Crippen LogP contribution in [0.5, 0.6) is 0 Å². The fourth-order valence-electron chi connectivity index (χ4n) is 1.38. The van der Waals surface area contributed by atoms with Gasteiger partial charge < -0.3 is 10.2 Å². The summed E-state index contributed by atoms with van der Waals surface area (Å²) in [7, 11) is 0. The smallest absolute Gasteiger partial charge is 0.476 e.